The van der Waals surface area contributed by atoms with Crippen LogP contribution in [-0.2, 0) is 19.5 Å². The average molecular weight is 917 g/mol. The number of nitrogen functional groups attached to an aromatic ring is 1. The maximum Gasteiger partial charge on any atom is 1.00 e. The Labute approximate surface area is 412 Å². The summed E-state index contributed by atoms with van der Waals surface area (Å²) in [6, 6.07) is 28.4. The molecule has 0 aliphatic carbocycles. The fraction of sp³-hybridized carbons (Fsp3) is 0.179. The number of nitrogens with one attached hydrogen (secondary N) is 3. The number of aryl methyl sites for hydroxylation is 1. The molecular formula is C39H42N12Na2O8S2. The fourth-order valence-corrected chi connectivity index (χ4v) is 6.50. The number of nitrogens with zero attached hydrogens (tertiary/aromatic N) is 8. The Balaban J connectivity index is 0.000000422. The van der Waals surface area contributed by atoms with Crippen LogP contribution in [0.25, 0.3) is 12.2 Å². The van der Waals surface area contributed by atoms with Crippen molar-refractivity contribution in [2.24, 2.45) is 0 Å². The second-order valence-corrected chi connectivity index (χ2v) is 14.9. The summed E-state index contributed by atoms with van der Waals surface area (Å²) in [5.41, 5.74) is 9.15. The van der Waals surface area contributed by atoms with Crippen molar-refractivity contribution < 1.29 is 96.9 Å². The van der Waals surface area contributed by atoms with Gasteiger partial charge in [-0.1, -0.05) is 66.7 Å². The minimum absolute atomic E-state index is 0. The molecule has 4 aromatic carbocycles. The molecule has 2 aromatic heterocycles. The van der Waals surface area contributed by atoms with E-state index in [0.29, 0.717) is 64.7 Å². The molecule has 0 amide bonds. The second kappa shape index (κ2) is 26.3. The van der Waals surface area contributed by atoms with E-state index in [1.807, 2.05) is 60.7 Å². The Kier molecular flexibility index (Phi) is 22.1. The number of rotatable bonds is 18. The van der Waals surface area contributed by atoms with Crippen LogP contribution in [0.5, 0.6) is 0 Å². The van der Waals surface area contributed by atoms with Crippen LogP contribution in [0.1, 0.15) is 16.7 Å². The van der Waals surface area contributed by atoms with Crippen molar-refractivity contribution in [3.63, 3.8) is 0 Å². The number of aromatic nitrogens is 6. The predicted molar refractivity (Wildman–Crippen MR) is 230 cm³/mol. The number of benzene rings is 4. The Morgan fingerprint density at radius 2 is 1.19 bits per heavy atom. The molecular weight excluding hydrogens is 875 g/mol. The molecule has 0 fully saturated rings. The van der Waals surface area contributed by atoms with E-state index in [2.05, 4.69) is 55.2 Å². The van der Waals surface area contributed by atoms with E-state index in [-0.39, 0.29) is 101 Å². The van der Waals surface area contributed by atoms with E-state index in [4.69, 9.17) is 10.8 Å². The summed E-state index contributed by atoms with van der Waals surface area (Å²) < 4.78 is 39.8. The van der Waals surface area contributed by atoms with E-state index >= 15 is 0 Å². The van der Waals surface area contributed by atoms with Gasteiger partial charge in [0.05, 0.1) is 30.2 Å². The van der Waals surface area contributed by atoms with Gasteiger partial charge >= 0.3 is 59.1 Å². The third-order valence-corrected chi connectivity index (χ3v) is 9.73. The summed E-state index contributed by atoms with van der Waals surface area (Å²) in [4.78, 5) is 29.1. The van der Waals surface area contributed by atoms with Crippen molar-refractivity contribution >= 4 is 87.1 Å². The Bertz CT molecular complexity index is 2500. The van der Waals surface area contributed by atoms with Crippen LogP contribution < -0.4 is 95.9 Å². The number of para-hydroxylation sites is 2. The Morgan fingerprint density at radius 1 is 0.698 bits per heavy atom. The molecule has 0 unspecified atom stereocenters. The third-order valence-electron chi connectivity index (χ3n) is 8.18. The van der Waals surface area contributed by atoms with E-state index < -0.39 is 10.1 Å². The molecule has 0 bridgehead atoms. The first-order valence-corrected chi connectivity index (χ1v) is 20.3. The number of hydrogen-bond donors (Lipinski definition) is 6. The van der Waals surface area contributed by atoms with Crippen LogP contribution >= 0.6 is 12.0 Å². The normalized spacial score (nSPS) is 10.8. The summed E-state index contributed by atoms with van der Waals surface area (Å²) in [6.45, 7) is 2.31. The van der Waals surface area contributed by atoms with E-state index in [9.17, 15) is 23.3 Å². The molecule has 0 aliphatic heterocycles. The zero-order valence-electron chi connectivity index (χ0n) is 35.0. The van der Waals surface area contributed by atoms with E-state index in [1.165, 1.54) is 18.2 Å². The zero-order chi connectivity index (χ0) is 43.8. The second-order valence-electron chi connectivity index (χ2n) is 12.8. The van der Waals surface area contributed by atoms with Gasteiger partial charge in [0.1, 0.15) is 10.1 Å². The molecule has 63 heavy (non-hydrogen) atoms. The van der Waals surface area contributed by atoms with Crippen molar-refractivity contribution in [2.75, 3.05) is 71.9 Å². The van der Waals surface area contributed by atoms with Crippen LogP contribution in [0.3, 0.4) is 0 Å². The molecule has 2 heterocycles. The zero-order valence-corrected chi connectivity index (χ0v) is 40.7. The number of nitrogens with two attached hydrogens (primary N) is 1. The summed E-state index contributed by atoms with van der Waals surface area (Å²) in [6.07, 6.45) is 3.05. The standard InChI is InChI=1S/C27H28N6O7S2.C12H16N6O.2Na/c1-18-8-9-20(24(16-18)42(36,37)38)11-10-19-12-13-22(17-23(19)41-40-39-35)29-26-30-25(28-21-6-4-3-5-7-21)31-27(32-26)33(2)14-15-34;1-18(7-8-19)12-16-10(13)15-11(17-12)14-9-5-3-2-4-6-9;;/h3-13,16-17,34-35H,14-15H2,1-2H3,(H,36,37,38)(H2,28,29,30,31,32);2-6,19H,7-8H2,1H3,(H3,13,14,15,16,17);;/q;;2*+1/p-2/b11-10+;;;. The first kappa shape index (κ1) is 52.8. The third kappa shape index (κ3) is 16.9. The van der Waals surface area contributed by atoms with E-state index in [1.54, 1.807) is 61.2 Å². The molecule has 0 aliphatic rings. The van der Waals surface area contributed by atoms with Crippen molar-refractivity contribution in [2.45, 2.75) is 16.7 Å². The summed E-state index contributed by atoms with van der Waals surface area (Å²) >= 11 is 0.631. The van der Waals surface area contributed by atoms with Gasteiger partial charge in [0.15, 0.2) is 0 Å². The van der Waals surface area contributed by atoms with Crippen molar-refractivity contribution in [1.82, 2.24) is 29.9 Å². The molecule has 0 spiro atoms. The first-order chi connectivity index (χ1) is 29.3. The number of anilines is 9. The average Bonchev–Trinajstić information content (AvgIpc) is 3.23. The van der Waals surface area contributed by atoms with Crippen LogP contribution in [0.2, 0.25) is 0 Å². The fourth-order valence-electron chi connectivity index (χ4n) is 5.23. The van der Waals surface area contributed by atoms with Gasteiger partial charge in [0, 0.05) is 49.1 Å². The topological polar surface area (TPSA) is 285 Å². The molecule has 0 radical (unpaired) electrons. The van der Waals surface area contributed by atoms with Gasteiger partial charge in [-0.05, 0) is 66.1 Å². The smallest absolute Gasteiger partial charge is 0.744 e. The predicted octanol–water partition coefficient (Wildman–Crippen LogP) is -1.97. The molecule has 7 N–H and O–H groups in total. The number of hydrogen-bond acceptors (Lipinski definition) is 21. The van der Waals surface area contributed by atoms with Crippen molar-refractivity contribution in [3.8, 4) is 0 Å². The van der Waals surface area contributed by atoms with E-state index in [0.717, 1.165) is 11.4 Å². The van der Waals surface area contributed by atoms with Gasteiger partial charge in [-0.15, -0.1) is 0 Å². The molecule has 6 rings (SSSR count). The van der Waals surface area contributed by atoms with Gasteiger partial charge in [-0.25, -0.2) is 8.42 Å². The Hall–Kier alpha value is -4.50. The number of aliphatic hydroxyl groups excluding tert-OH is 2. The van der Waals surface area contributed by atoms with Gasteiger partial charge in [0.25, 0.3) is 0 Å². The number of aliphatic hydroxyl groups is 2. The monoisotopic (exact) mass is 916 g/mol. The van der Waals surface area contributed by atoms with Crippen LogP contribution in [0.4, 0.5) is 52.8 Å². The molecule has 0 saturated carbocycles. The quantitative estimate of drug-likeness (QED) is 0.0136. The Morgan fingerprint density at radius 3 is 1.71 bits per heavy atom. The van der Waals surface area contributed by atoms with Crippen molar-refractivity contribution in [1.29, 1.82) is 0 Å². The molecule has 320 valence electrons. The van der Waals surface area contributed by atoms with Crippen molar-refractivity contribution in [3.05, 3.63) is 114 Å². The first-order valence-electron chi connectivity index (χ1n) is 18.2. The molecule has 0 saturated heterocycles. The van der Waals surface area contributed by atoms with Crippen LogP contribution in [0, 0.1) is 6.92 Å². The van der Waals surface area contributed by atoms with Gasteiger partial charge < -0.3 is 51.5 Å². The summed E-state index contributed by atoms with van der Waals surface area (Å²) in [5.74, 6) is 1.68. The molecule has 6 aromatic rings. The van der Waals surface area contributed by atoms with Crippen LogP contribution in [-0.4, -0.2) is 93.5 Å². The minimum atomic E-state index is -4.71. The SMILES string of the molecule is CN(CCO)c1nc(N)nc(Nc2ccccc2)n1.Cc1ccc(/C=C/c2ccc(Nc3nc(Nc4ccccc4)nc(N(C)CCO)n3)cc2SOO[O-])c(S(=O)(=O)[O-])c1.[Na+].[Na+]. The largest absolute Gasteiger partial charge is 1.00 e. The van der Waals surface area contributed by atoms with Gasteiger partial charge in [-0.3, -0.25) is 5.04 Å². The molecule has 24 heteroatoms. The maximum absolute atomic E-state index is 11.8. The summed E-state index contributed by atoms with van der Waals surface area (Å²) in [5, 5.41) is 41.6. The molecule has 20 nitrogen and oxygen atoms in total. The van der Waals surface area contributed by atoms with Gasteiger partial charge in [0.2, 0.25) is 35.7 Å². The number of likely N-dealkylation sites (N-methyl/N-ethyl adjacent to an activating group) is 2. The maximum atomic E-state index is 11.8. The van der Waals surface area contributed by atoms with Gasteiger partial charge in [-0.2, -0.15) is 34.2 Å². The molecule has 0 atom stereocenters. The van der Waals surface area contributed by atoms with Crippen LogP contribution in [0.15, 0.2) is 107 Å². The minimum Gasteiger partial charge on any atom is -0.744 e. The summed E-state index contributed by atoms with van der Waals surface area (Å²) in [7, 11) is -1.20.